The molecule has 5 rings (SSSR count). The number of carbonyl (C=O) groups excluding carboxylic acids is 1. The molecule has 1 atom stereocenters. The van der Waals surface area contributed by atoms with Crippen LogP contribution in [0.25, 0.3) is 5.65 Å². The Morgan fingerprint density at radius 2 is 1.93 bits per heavy atom. The monoisotopic (exact) mass is 391 g/mol. The topological polar surface area (TPSA) is 91.5 Å². The first-order valence-electron chi connectivity index (χ1n) is 10.3. The van der Waals surface area contributed by atoms with Gasteiger partial charge in [0.1, 0.15) is 11.4 Å². The highest BCUT2D eigenvalue weighted by molar-refractivity contribution is 5.99. The van der Waals surface area contributed by atoms with Crippen LogP contribution in [-0.2, 0) is 6.42 Å². The van der Waals surface area contributed by atoms with E-state index in [1.165, 1.54) is 11.1 Å². The second kappa shape index (κ2) is 7.48. The van der Waals surface area contributed by atoms with E-state index in [-0.39, 0.29) is 24.1 Å². The molecule has 7 nitrogen and oxygen atoms in total. The maximum absolute atomic E-state index is 12.8. The van der Waals surface area contributed by atoms with Crippen LogP contribution < -0.4 is 10.6 Å². The minimum Gasteiger partial charge on any atom is -0.393 e. The molecule has 150 valence electrons. The van der Waals surface area contributed by atoms with Crippen molar-refractivity contribution in [1.82, 2.24) is 19.9 Å². The molecule has 0 radical (unpaired) electrons. The summed E-state index contributed by atoms with van der Waals surface area (Å²) in [7, 11) is 0. The second-order valence-electron chi connectivity index (χ2n) is 8.05. The first kappa shape index (κ1) is 18.1. The SMILES string of the molecule is O=C(NC1CCC(O)CC1)c1cnn2ccc(NC3CCc4ccccc43)nc12. The minimum atomic E-state index is -0.240. The third-order valence-electron chi connectivity index (χ3n) is 6.10. The van der Waals surface area contributed by atoms with Crippen molar-refractivity contribution in [2.24, 2.45) is 0 Å². The normalized spacial score (nSPS) is 23.7. The van der Waals surface area contributed by atoms with Crippen LogP contribution in [0.5, 0.6) is 0 Å². The molecule has 29 heavy (non-hydrogen) atoms. The summed E-state index contributed by atoms with van der Waals surface area (Å²) in [5.74, 6) is 0.590. The lowest BCUT2D eigenvalue weighted by molar-refractivity contribution is 0.0869. The van der Waals surface area contributed by atoms with Crippen LogP contribution in [0.1, 0.15) is 59.6 Å². The Bertz CT molecular complexity index is 1040. The van der Waals surface area contributed by atoms with E-state index in [1.54, 1.807) is 10.7 Å². The number of aryl methyl sites for hydroxylation is 1. The minimum absolute atomic E-state index is 0.0946. The molecule has 3 N–H and O–H groups in total. The van der Waals surface area contributed by atoms with E-state index in [9.17, 15) is 9.90 Å². The molecule has 2 aliphatic rings. The van der Waals surface area contributed by atoms with Crippen molar-refractivity contribution in [3.63, 3.8) is 0 Å². The van der Waals surface area contributed by atoms with Crippen LogP contribution in [0.4, 0.5) is 5.82 Å². The number of amides is 1. The summed E-state index contributed by atoms with van der Waals surface area (Å²) in [5.41, 5.74) is 3.73. The molecule has 1 aromatic carbocycles. The number of aromatic nitrogens is 3. The smallest absolute Gasteiger partial charge is 0.256 e. The summed E-state index contributed by atoms with van der Waals surface area (Å²) in [5, 5.41) is 20.5. The summed E-state index contributed by atoms with van der Waals surface area (Å²) in [6, 6.07) is 10.7. The van der Waals surface area contributed by atoms with Gasteiger partial charge in [0, 0.05) is 12.2 Å². The van der Waals surface area contributed by atoms with Gasteiger partial charge in [0.25, 0.3) is 5.91 Å². The zero-order valence-corrected chi connectivity index (χ0v) is 16.2. The number of aliphatic hydroxyl groups excluding tert-OH is 1. The molecule has 1 saturated carbocycles. The van der Waals surface area contributed by atoms with Gasteiger partial charge >= 0.3 is 0 Å². The molecule has 3 aromatic rings. The fourth-order valence-corrected chi connectivity index (χ4v) is 4.48. The van der Waals surface area contributed by atoms with Gasteiger partial charge in [0.2, 0.25) is 0 Å². The maximum Gasteiger partial charge on any atom is 0.256 e. The van der Waals surface area contributed by atoms with Gasteiger partial charge in [0.05, 0.1) is 18.3 Å². The van der Waals surface area contributed by atoms with Crippen molar-refractivity contribution >= 4 is 17.4 Å². The van der Waals surface area contributed by atoms with Gasteiger partial charge in [-0.15, -0.1) is 0 Å². The van der Waals surface area contributed by atoms with Crippen molar-refractivity contribution in [3.05, 3.63) is 59.4 Å². The fraction of sp³-hybridized carbons (Fsp3) is 0.409. The summed E-state index contributed by atoms with van der Waals surface area (Å²) in [6.07, 6.45) is 8.32. The number of carbonyl (C=O) groups is 1. The van der Waals surface area contributed by atoms with Crippen molar-refractivity contribution in [2.45, 2.75) is 56.7 Å². The summed E-state index contributed by atoms with van der Waals surface area (Å²) < 4.78 is 1.63. The molecule has 1 amide bonds. The van der Waals surface area contributed by atoms with E-state index in [2.05, 4.69) is 45.0 Å². The largest absolute Gasteiger partial charge is 0.393 e. The molecule has 2 aliphatic carbocycles. The molecular formula is C22H25N5O2. The van der Waals surface area contributed by atoms with E-state index in [0.29, 0.717) is 11.2 Å². The van der Waals surface area contributed by atoms with E-state index >= 15 is 0 Å². The lowest BCUT2D eigenvalue weighted by Gasteiger charge is -2.25. The number of hydrogen-bond donors (Lipinski definition) is 3. The zero-order valence-electron chi connectivity index (χ0n) is 16.2. The molecule has 1 fully saturated rings. The number of rotatable bonds is 4. The highest BCUT2D eigenvalue weighted by Crippen LogP contribution is 2.33. The Hall–Kier alpha value is -2.93. The number of aliphatic hydroxyl groups is 1. The van der Waals surface area contributed by atoms with Gasteiger partial charge in [-0.2, -0.15) is 5.10 Å². The third kappa shape index (κ3) is 3.58. The quantitative estimate of drug-likeness (QED) is 0.636. The van der Waals surface area contributed by atoms with Crippen molar-refractivity contribution in [2.75, 3.05) is 5.32 Å². The van der Waals surface area contributed by atoms with Gasteiger partial charge in [-0.25, -0.2) is 9.50 Å². The Balaban J connectivity index is 1.34. The van der Waals surface area contributed by atoms with Gasteiger partial charge in [0.15, 0.2) is 5.65 Å². The average molecular weight is 391 g/mol. The van der Waals surface area contributed by atoms with E-state index < -0.39 is 0 Å². The van der Waals surface area contributed by atoms with Crippen LogP contribution in [0, 0.1) is 0 Å². The van der Waals surface area contributed by atoms with Crippen molar-refractivity contribution < 1.29 is 9.90 Å². The second-order valence-corrected chi connectivity index (χ2v) is 8.05. The number of benzene rings is 1. The zero-order chi connectivity index (χ0) is 19.8. The van der Waals surface area contributed by atoms with Crippen molar-refractivity contribution in [3.8, 4) is 0 Å². The number of fused-ring (bicyclic) bond motifs is 2. The molecule has 0 spiro atoms. The lowest BCUT2D eigenvalue weighted by atomic mass is 9.93. The molecule has 0 saturated heterocycles. The average Bonchev–Trinajstić information content (AvgIpc) is 3.34. The van der Waals surface area contributed by atoms with E-state index in [4.69, 9.17) is 0 Å². The predicted molar refractivity (Wildman–Crippen MR) is 110 cm³/mol. The molecule has 0 aliphatic heterocycles. The van der Waals surface area contributed by atoms with Gasteiger partial charge in [-0.1, -0.05) is 24.3 Å². The van der Waals surface area contributed by atoms with Crippen LogP contribution in [0.2, 0.25) is 0 Å². The predicted octanol–water partition coefficient (Wildman–Crippen LogP) is 2.86. The summed E-state index contributed by atoms with van der Waals surface area (Å²) in [6.45, 7) is 0. The lowest BCUT2D eigenvalue weighted by Crippen LogP contribution is -2.38. The number of anilines is 1. The highest BCUT2D eigenvalue weighted by atomic mass is 16.3. The number of nitrogens with zero attached hydrogens (tertiary/aromatic N) is 3. The van der Waals surface area contributed by atoms with Gasteiger partial charge < -0.3 is 15.7 Å². The Morgan fingerprint density at radius 3 is 2.79 bits per heavy atom. The molecular weight excluding hydrogens is 366 g/mol. The van der Waals surface area contributed by atoms with Gasteiger partial charge in [-0.3, -0.25) is 4.79 Å². The molecule has 7 heteroatoms. The number of hydrogen-bond acceptors (Lipinski definition) is 5. The first-order valence-corrected chi connectivity index (χ1v) is 10.3. The van der Waals surface area contributed by atoms with Crippen LogP contribution in [-0.4, -0.2) is 37.8 Å². The van der Waals surface area contributed by atoms with E-state index in [1.807, 2.05) is 12.3 Å². The maximum atomic E-state index is 12.8. The van der Waals surface area contributed by atoms with Crippen molar-refractivity contribution in [1.29, 1.82) is 0 Å². The number of nitrogens with one attached hydrogen (secondary N) is 2. The Kier molecular flexibility index (Phi) is 4.67. The fourth-order valence-electron chi connectivity index (χ4n) is 4.48. The third-order valence-corrected chi connectivity index (χ3v) is 6.10. The molecule has 0 bridgehead atoms. The van der Waals surface area contributed by atoms with Gasteiger partial charge in [-0.05, 0) is 55.7 Å². The summed E-state index contributed by atoms with van der Waals surface area (Å²) in [4.78, 5) is 17.5. The Labute approximate surface area is 169 Å². The highest BCUT2D eigenvalue weighted by Gasteiger charge is 2.24. The molecule has 2 aromatic heterocycles. The standard InChI is InChI=1S/C22H25N5O2/c28-16-8-6-15(7-9-16)24-22(29)18-13-23-27-12-11-20(26-21(18)27)25-19-10-5-14-3-1-2-4-17(14)19/h1-4,11-13,15-16,19,28H,5-10H2,(H,24,29)(H,25,26). The molecule has 2 heterocycles. The van der Waals surface area contributed by atoms with E-state index in [0.717, 1.165) is 44.3 Å². The molecule has 1 unspecified atom stereocenters. The van der Waals surface area contributed by atoms with Crippen LogP contribution >= 0.6 is 0 Å². The Morgan fingerprint density at radius 1 is 1.10 bits per heavy atom. The first-order chi connectivity index (χ1) is 14.2. The summed E-state index contributed by atoms with van der Waals surface area (Å²) >= 11 is 0. The van der Waals surface area contributed by atoms with Crippen LogP contribution in [0.3, 0.4) is 0 Å². The van der Waals surface area contributed by atoms with Crippen LogP contribution in [0.15, 0.2) is 42.7 Å².